The number of fused-ring (bicyclic) bond motifs is 1. The van der Waals surface area contributed by atoms with Gasteiger partial charge in [0.05, 0.1) is 17.2 Å². The van der Waals surface area contributed by atoms with E-state index in [9.17, 15) is 0 Å². The first-order valence-electron chi connectivity index (χ1n) is 3.33. The zero-order valence-electron chi connectivity index (χ0n) is 5.96. The van der Waals surface area contributed by atoms with Gasteiger partial charge < -0.3 is 0 Å². The Morgan fingerprint density at radius 1 is 1.25 bits per heavy atom. The molecule has 1 aromatic heterocycles. The van der Waals surface area contributed by atoms with E-state index < -0.39 is 0 Å². The first kappa shape index (κ1) is 8.37. The zero-order chi connectivity index (χ0) is 8.55. The third kappa shape index (κ3) is 1.59. The smallest absolute Gasteiger partial charge is 0.120 e. The van der Waals surface area contributed by atoms with Crippen molar-refractivity contribution in [3.63, 3.8) is 0 Å². The molecule has 4 heteroatoms. The molecule has 1 heterocycles. The van der Waals surface area contributed by atoms with Crippen LogP contribution in [-0.4, -0.2) is 9.97 Å². The van der Waals surface area contributed by atoms with Crippen molar-refractivity contribution in [3.8, 4) is 0 Å². The van der Waals surface area contributed by atoms with Crippen LogP contribution in [0.2, 0.25) is 0 Å². The fourth-order valence-electron chi connectivity index (χ4n) is 0.961. The van der Waals surface area contributed by atoms with Gasteiger partial charge in [0.25, 0.3) is 0 Å². The molecule has 0 aliphatic heterocycles. The second-order valence-electron chi connectivity index (χ2n) is 2.33. The van der Waals surface area contributed by atoms with Crippen LogP contribution in [0.1, 0.15) is 0 Å². The van der Waals surface area contributed by atoms with E-state index in [1.54, 1.807) is 6.20 Å². The normalized spacial score (nSPS) is 10.5. The van der Waals surface area contributed by atoms with Gasteiger partial charge in [0.1, 0.15) is 3.70 Å². The molecular formula is C8H4BrIN2. The molecule has 12 heavy (non-hydrogen) atoms. The van der Waals surface area contributed by atoms with E-state index in [2.05, 4.69) is 48.5 Å². The van der Waals surface area contributed by atoms with E-state index in [-0.39, 0.29) is 0 Å². The number of benzene rings is 1. The van der Waals surface area contributed by atoms with Gasteiger partial charge in [-0.2, -0.15) is 0 Å². The zero-order valence-corrected chi connectivity index (χ0v) is 9.70. The van der Waals surface area contributed by atoms with Crippen LogP contribution in [0.25, 0.3) is 11.0 Å². The van der Waals surface area contributed by atoms with Crippen molar-refractivity contribution in [2.45, 2.75) is 0 Å². The van der Waals surface area contributed by atoms with Crippen molar-refractivity contribution in [3.05, 3.63) is 32.6 Å². The molecule has 0 saturated heterocycles. The molecular weight excluding hydrogens is 331 g/mol. The Bertz CT molecular complexity index is 389. The van der Waals surface area contributed by atoms with Crippen LogP contribution in [0.15, 0.2) is 28.9 Å². The monoisotopic (exact) mass is 334 g/mol. The minimum absolute atomic E-state index is 0.919. The Labute approximate surface area is 91.7 Å². The first-order valence-corrected chi connectivity index (χ1v) is 5.21. The number of hydrogen-bond acceptors (Lipinski definition) is 2. The molecule has 2 rings (SSSR count). The molecule has 2 aromatic rings. The van der Waals surface area contributed by atoms with Gasteiger partial charge in [-0.05, 0) is 40.8 Å². The maximum atomic E-state index is 4.32. The Morgan fingerprint density at radius 3 is 2.92 bits per heavy atom. The van der Waals surface area contributed by atoms with Crippen LogP contribution in [0.4, 0.5) is 0 Å². The molecule has 0 unspecified atom stereocenters. The first-order chi connectivity index (χ1) is 5.75. The molecule has 60 valence electrons. The molecule has 2 nitrogen and oxygen atoms in total. The van der Waals surface area contributed by atoms with Crippen molar-refractivity contribution in [1.29, 1.82) is 0 Å². The van der Waals surface area contributed by atoms with Gasteiger partial charge >= 0.3 is 0 Å². The fraction of sp³-hybridized carbons (Fsp3) is 0. The molecule has 1 aromatic carbocycles. The van der Waals surface area contributed by atoms with Gasteiger partial charge in [-0.3, -0.25) is 4.98 Å². The summed E-state index contributed by atoms with van der Waals surface area (Å²) in [5.74, 6) is 0. The Kier molecular flexibility index (Phi) is 2.27. The summed E-state index contributed by atoms with van der Waals surface area (Å²) < 4.78 is 1.95. The van der Waals surface area contributed by atoms with E-state index in [1.807, 2.05) is 18.2 Å². The SMILES string of the molecule is Brc1ccc2nc(I)cnc2c1. The summed E-state index contributed by atoms with van der Waals surface area (Å²) in [5, 5.41) is 0. The maximum absolute atomic E-state index is 4.32. The molecule has 0 atom stereocenters. The number of aromatic nitrogens is 2. The highest BCUT2D eigenvalue weighted by atomic mass is 127. The van der Waals surface area contributed by atoms with Gasteiger partial charge in [-0.1, -0.05) is 15.9 Å². The standard InChI is InChI=1S/C8H4BrIN2/c9-5-1-2-6-7(3-5)11-4-8(10)12-6/h1-4H. The summed E-state index contributed by atoms with van der Waals surface area (Å²) in [6, 6.07) is 5.88. The van der Waals surface area contributed by atoms with Gasteiger partial charge in [0.15, 0.2) is 0 Å². The molecule has 0 saturated carbocycles. The van der Waals surface area contributed by atoms with Crippen LogP contribution in [-0.2, 0) is 0 Å². The number of hydrogen-bond donors (Lipinski definition) is 0. The highest BCUT2D eigenvalue weighted by Crippen LogP contribution is 2.16. The molecule has 0 fully saturated rings. The third-order valence-electron chi connectivity index (χ3n) is 1.47. The topological polar surface area (TPSA) is 25.8 Å². The predicted molar refractivity (Wildman–Crippen MR) is 60.0 cm³/mol. The largest absolute Gasteiger partial charge is 0.252 e. The van der Waals surface area contributed by atoms with E-state index in [1.165, 1.54) is 0 Å². The third-order valence-corrected chi connectivity index (χ3v) is 2.49. The van der Waals surface area contributed by atoms with Crippen molar-refractivity contribution in [2.75, 3.05) is 0 Å². The quantitative estimate of drug-likeness (QED) is 0.692. The summed E-state index contributed by atoms with van der Waals surface area (Å²) >= 11 is 5.53. The number of nitrogens with zero attached hydrogens (tertiary/aromatic N) is 2. The summed E-state index contributed by atoms with van der Waals surface area (Å²) in [4.78, 5) is 8.56. The van der Waals surface area contributed by atoms with Gasteiger partial charge in [0, 0.05) is 4.47 Å². The van der Waals surface area contributed by atoms with Crippen LogP contribution < -0.4 is 0 Å². The summed E-state index contributed by atoms with van der Waals surface area (Å²) in [6.07, 6.45) is 1.76. The van der Waals surface area contributed by atoms with Crippen LogP contribution in [0.5, 0.6) is 0 Å². The van der Waals surface area contributed by atoms with Crippen LogP contribution >= 0.6 is 38.5 Å². The highest BCUT2D eigenvalue weighted by molar-refractivity contribution is 14.1. The van der Waals surface area contributed by atoms with Crippen LogP contribution in [0.3, 0.4) is 0 Å². The van der Waals surface area contributed by atoms with Gasteiger partial charge in [-0.25, -0.2) is 4.98 Å². The summed E-state index contributed by atoms with van der Waals surface area (Å²) in [7, 11) is 0. The van der Waals surface area contributed by atoms with Crippen molar-refractivity contribution < 1.29 is 0 Å². The maximum Gasteiger partial charge on any atom is 0.120 e. The lowest BCUT2D eigenvalue weighted by molar-refractivity contribution is 1.24. The summed E-state index contributed by atoms with van der Waals surface area (Å²) in [5.41, 5.74) is 1.86. The van der Waals surface area contributed by atoms with E-state index in [4.69, 9.17) is 0 Å². The lowest BCUT2D eigenvalue weighted by atomic mass is 10.3. The number of halogens is 2. The molecule has 0 spiro atoms. The van der Waals surface area contributed by atoms with Gasteiger partial charge in [0.2, 0.25) is 0 Å². The molecule has 0 amide bonds. The lowest BCUT2D eigenvalue weighted by Gasteiger charge is -1.96. The van der Waals surface area contributed by atoms with Crippen LogP contribution in [0, 0.1) is 3.70 Å². The van der Waals surface area contributed by atoms with Crippen molar-refractivity contribution in [2.24, 2.45) is 0 Å². The van der Waals surface area contributed by atoms with E-state index >= 15 is 0 Å². The van der Waals surface area contributed by atoms with Crippen molar-refractivity contribution in [1.82, 2.24) is 9.97 Å². The minimum Gasteiger partial charge on any atom is -0.252 e. The Balaban J connectivity index is 2.79. The van der Waals surface area contributed by atoms with E-state index in [0.717, 1.165) is 19.2 Å². The van der Waals surface area contributed by atoms with Gasteiger partial charge in [-0.15, -0.1) is 0 Å². The molecule has 0 N–H and O–H groups in total. The van der Waals surface area contributed by atoms with Crippen molar-refractivity contribution >= 4 is 49.6 Å². The Hall–Kier alpha value is -0.230. The molecule has 0 bridgehead atoms. The molecule has 0 radical (unpaired) electrons. The molecule has 0 aliphatic carbocycles. The lowest BCUT2D eigenvalue weighted by Crippen LogP contribution is -1.85. The predicted octanol–water partition coefficient (Wildman–Crippen LogP) is 3.00. The Morgan fingerprint density at radius 2 is 2.08 bits per heavy atom. The summed E-state index contributed by atoms with van der Waals surface area (Å²) in [6.45, 7) is 0. The average Bonchev–Trinajstić information content (AvgIpc) is 2.05. The minimum atomic E-state index is 0.919. The highest BCUT2D eigenvalue weighted by Gasteiger charge is 1.97. The van der Waals surface area contributed by atoms with E-state index in [0.29, 0.717) is 0 Å². The fourth-order valence-corrected chi connectivity index (χ4v) is 1.71. The second kappa shape index (κ2) is 3.26. The molecule has 0 aliphatic rings. The average molecular weight is 335 g/mol. The second-order valence-corrected chi connectivity index (χ2v) is 4.35. The number of rotatable bonds is 0.